The van der Waals surface area contributed by atoms with Gasteiger partial charge in [0.05, 0.1) is 17.9 Å². The van der Waals surface area contributed by atoms with E-state index in [-0.39, 0.29) is 6.04 Å². The van der Waals surface area contributed by atoms with E-state index in [1.165, 1.54) is 6.92 Å². The maximum Gasteiger partial charge on any atom is 0.393 e. The molecule has 0 saturated carbocycles. The minimum absolute atomic E-state index is 0.212. The number of hydrogen-bond donors (Lipinski definition) is 3. The maximum atomic E-state index is 12.9. The fourth-order valence-electron chi connectivity index (χ4n) is 2.41. The molecule has 0 aromatic heterocycles. The van der Waals surface area contributed by atoms with Crippen LogP contribution in [-0.2, 0) is 9.59 Å². The molecule has 0 aromatic carbocycles. The molecule has 0 radical (unpaired) electrons. The Bertz CT molecular complexity index is 482. The van der Waals surface area contributed by atoms with E-state index in [1.54, 1.807) is 13.8 Å². The highest BCUT2D eigenvalue weighted by molar-refractivity contribution is 5.96. The van der Waals surface area contributed by atoms with Crippen molar-refractivity contribution in [3.05, 3.63) is 0 Å². The van der Waals surface area contributed by atoms with Gasteiger partial charge in [0.15, 0.2) is 0 Å². The average molecular weight is 339 g/mol. The molecular weight excluding hydrogens is 319 g/mol. The van der Waals surface area contributed by atoms with E-state index in [0.717, 1.165) is 4.90 Å². The van der Waals surface area contributed by atoms with Gasteiger partial charge in [-0.25, -0.2) is 4.79 Å². The van der Waals surface area contributed by atoms with Gasteiger partial charge in [-0.15, -0.1) is 0 Å². The van der Waals surface area contributed by atoms with Gasteiger partial charge in [0.2, 0.25) is 5.91 Å². The number of amides is 3. The van der Waals surface area contributed by atoms with Crippen LogP contribution in [-0.4, -0.2) is 59.3 Å². The number of imide groups is 1. The zero-order valence-corrected chi connectivity index (χ0v) is 13.0. The number of nitrogens with one attached hydrogen (secondary N) is 2. The summed E-state index contributed by atoms with van der Waals surface area (Å²) in [6.07, 6.45) is -4.66. The van der Waals surface area contributed by atoms with Crippen LogP contribution in [0.4, 0.5) is 18.0 Å². The van der Waals surface area contributed by atoms with Gasteiger partial charge in [-0.1, -0.05) is 0 Å². The number of halogens is 3. The maximum absolute atomic E-state index is 12.9. The third-order valence-electron chi connectivity index (χ3n) is 3.67. The Balaban J connectivity index is 2.73. The molecule has 3 atom stereocenters. The normalized spacial score (nSPS) is 23.6. The minimum Gasteiger partial charge on any atom is -0.481 e. The molecule has 0 aliphatic carbocycles. The summed E-state index contributed by atoms with van der Waals surface area (Å²) < 4.78 is 38.7. The predicted molar refractivity (Wildman–Crippen MR) is 73.5 cm³/mol. The van der Waals surface area contributed by atoms with Crippen LogP contribution in [0.15, 0.2) is 0 Å². The smallest absolute Gasteiger partial charge is 0.393 e. The summed E-state index contributed by atoms with van der Waals surface area (Å²) in [7, 11) is 0. The molecule has 1 aliphatic rings. The van der Waals surface area contributed by atoms with Gasteiger partial charge in [0.25, 0.3) is 0 Å². The van der Waals surface area contributed by atoms with Gasteiger partial charge in [0, 0.05) is 19.1 Å². The third-order valence-corrected chi connectivity index (χ3v) is 3.67. The van der Waals surface area contributed by atoms with Crippen molar-refractivity contribution in [3.63, 3.8) is 0 Å². The highest BCUT2D eigenvalue weighted by atomic mass is 19.4. The van der Waals surface area contributed by atoms with Gasteiger partial charge in [0.1, 0.15) is 0 Å². The SMILES string of the molecule is CC(C)NC(=O)NC(=O)C(C)N1C[C@@H](C(F)(F)F)[C@H](C(=O)O)C1. The molecule has 1 heterocycles. The molecule has 7 nitrogen and oxygen atoms in total. The summed E-state index contributed by atoms with van der Waals surface area (Å²) in [6.45, 7) is 3.69. The molecule has 1 aliphatic heterocycles. The first-order chi connectivity index (χ1) is 10.4. The lowest BCUT2D eigenvalue weighted by molar-refractivity contribution is -0.188. The fourth-order valence-corrected chi connectivity index (χ4v) is 2.41. The molecule has 0 bridgehead atoms. The van der Waals surface area contributed by atoms with Gasteiger partial charge >= 0.3 is 18.2 Å². The lowest BCUT2D eigenvalue weighted by Gasteiger charge is -2.23. The Kier molecular flexibility index (Phi) is 5.98. The van der Waals surface area contributed by atoms with Crippen molar-refractivity contribution < 1.29 is 32.7 Å². The van der Waals surface area contributed by atoms with Crippen molar-refractivity contribution in [2.24, 2.45) is 11.8 Å². The number of alkyl halides is 3. The number of carboxylic acid groups (broad SMARTS) is 1. The number of nitrogens with zero attached hydrogens (tertiary/aromatic N) is 1. The van der Waals surface area contributed by atoms with E-state index in [0.29, 0.717) is 0 Å². The number of urea groups is 1. The Morgan fingerprint density at radius 2 is 1.74 bits per heavy atom. The van der Waals surface area contributed by atoms with Crippen molar-refractivity contribution in [3.8, 4) is 0 Å². The van der Waals surface area contributed by atoms with E-state index in [1.807, 2.05) is 5.32 Å². The Labute approximate surface area is 131 Å². The molecule has 132 valence electrons. The molecule has 10 heteroatoms. The van der Waals surface area contributed by atoms with Crippen LogP contribution < -0.4 is 10.6 Å². The first-order valence-electron chi connectivity index (χ1n) is 7.08. The van der Waals surface area contributed by atoms with Crippen LogP contribution in [0.25, 0.3) is 0 Å². The number of carboxylic acids is 1. The molecule has 0 spiro atoms. The summed E-state index contributed by atoms with van der Waals surface area (Å²) >= 11 is 0. The quantitative estimate of drug-likeness (QED) is 0.704. The Morgan fingerprint density at radius 1 is 1.17 bits per heavy atom. The van der Waals surface area contributed by atoms with E-state index in [4.69, 9.17) is 5.11 Å². The number of aliphatic carboxylic acids is 1. The van der Waals surface area contributed by atoms with Crippen LogP contribution >= 0.6 is 0 Å². The first kappa shape index (κ1) is 19.2. The lowest BCUT2D eigenvalue weighted by atomic mass is 9.96. The largest absolute Gasteiger partial charge is 0.481 e. The zero-order valence-electron chi connectivity index (χ0n) is 13.0. The van der Waals surface area contributed by atoms with Crippen LogP contribution in [0.2, 0.25) is 0 Å². The van der Waals surface area contributed by atoms with Crippen molar-refractivity contribution >= 4 is 17.9 Å². The number of likely N-dealkylation sites (tertiary alicyclic amines) is 1. The van der Waals surface area contributed by atoms with Crippen molar-refractivity contribution in [1.29, 1.82) is 0 Å². The lowest BCUT2D eigenvalue weighted by Crippen LogP contribution is -2.50. The fraction of sp³-hybridized carbons (Fsp3) is 0.769. The number of rotatable bonds is 4. The summed E-state index contributed by atoms with van der Waals surface area (Å²) in [4.78, 5) is 35.5. The van der Waals surface area contributed by atoms with Crippen molar-refractivity contribution in [1.82, 2.24) is 15.5 Å². The van der Waals surface area contributed by atoms with Crippen LogP contribution in [0.3, 0.4) is 0 Å². The molecule has 0 aromatic rings. The second-order valence-electron chi connectivity index (χ2n) is 5.84. The van der Waals surface area contributed by atoms with Gasteiger partial charge < -0.3 is 10.4 Å². The molecule has 3 N–H and O–H groups in total. The standard InChI is InChI=1S/C13H20F3N3O4/c1-6(2)17-12(23)18-10(20)7(3)19-4-8(11(21)22)9(5-19)13(14,15)16/h6-9H,4-5H2,1-3H3,(H,21,22)(H2,17,18,20,23)/t7?,8-,9-/m1/s1. The highest BCUT2D eigenvalue weighted by Crippen LogP contribution is 2.38. The first-order valence-corrected chi connectivity index (χ1v) is 7.08. The number of carbonyl (C=O) groups is 3. The number of carbonyl (C=O) groups excluding carboxylic acids is 2. The molecular formula is C13H20F3N3O4. The second-order valence-corrected chi connectivity index (χ2v) is 5.84. The van der Waals surface area contributed by atoms with E-state index in [9.17, 15) is 27.6 Å². The Morgan fingerprint density at radius 3 is 2.13 bits per heavy atom. The highest BCUT2D eigenvalue weighted by Gasteiger charge is 2.53. The van der Waals surface area contributed by atoms with Gasteiger partial charge in [-0.05, 0) is 20.8 Å². The molecule has 1 saturated heterocycles. The van der Waals surface area contributed by atoms with Crippen LogP contribution in [0.5, 0.6) is 0 Å². The minimum atomic E-state index is -4.66. The molecule has 3 amide bonds. The number of hydrogen-bond acceptors (Lipinski definition) is 4. The summed E-state index contributed by atoms with van der Waals surface area (Å²) in [5.74, 6) is -6.01. The van der Waals surface area contributed by atoms with E-state index >= 15 is 0 Å². The summed E-state index contributed by atoms with van der Waals surface area (Å²) in [5.41, 5.74) is 0. The molecule has 23 heavy (non-hydrogen) atoms. The predicted octanol–water partition coefficient (Wildman–Crippen LogP) is 0.804. The molecule has 1 rings (SSSR count). The zero-order chi connectivity index (χ0) is 17.9. The summed E-state index contributed by atoms with van der Waals surface area (Å²) in [6, 6.07) is -2.02. The van der Waals surface area contributed by atoms with E-state index < -0.39 is 55.1 Å². The monoisotopic (exact) mass is 339 g/mol. The molecule has 1 unspecified atom stereocenters. The van der Waals surface area contributed by atoms with Crippen LogP contribution in [0, 0.1) is 11.8 Å². The van der Waals surface area contributed by atoms with E-state index in [2.05, 4.69) is 5.32 Å². The van der Waals surface area contributed by atoms with Gasteiger partial charge in [-0.2, -0.15) is 13.2 Å². The average Bonchev–Trinajstić information content (AvgIpc) is 2.81. The van der Waals surface area contributed by atoms with Crippen LogP contribution in [0.1, 0.15) is 20.8 Å². The Hall–Kier alpha value is -1.84. The van der Waals surface area contributed by atoms with Crippen molar-refractivity contribution in [2.75, 3.05) is 13.1 Å². The molecule has 1 fully saturated rings. The summed E-state index contributed by atoms with van der Waals surface area (Å²) in [5, 5.41) is 13.4. The topological polar surface area (TPSA) is 98.7 Å². The third kappa shape index (κ3) is 5.08. The van der Waals surface area contributed by atoms with Gasteiger partial charge in [-0.3, -0.25) is 19.8 Å². The second kappa shape index (κ2) is 7.16. The van der Waals surface area contributed by atoms with Crippen molar-refractivity contribution in [2.45, 2.75) is 39.0 Å².